The van der Waals surface area contributed by atoms with Gasteiger partial charge >= 0.3 is 0 Å². The number of methoxy groups -OCH3 is 1. The van der Waals surface area contributed by atoms with Crippen LogP contribution in [0, 0.1) is 6.92 Å². The quantitative estimate of drug-likeness (QED) is 0.907. The van der Waals surface area contributed by atoms with Crippen molar-refractivity contribution in [2.75, 3.05) is 7.11 Å². The molecule has 0 saturated carbocycles. The molecule has 2 rings (SSSR count). The summed E-state index contributed by atoms with van der Waals surface area (Å²) in [6.07, 6.45) is 0.585. The van der Waals surface area contributed by atoms with Crippen molar-refractivity contribution < 1.29 is 9.84 Å². The maximum absolute atomic E-state index is 10.7. The Morgan fingerprint density at radius 3 is 2.53 bits per heavy atom. The molecule has 0 aliphatic carbocycles. The van der Waals surface area contributed by atoms with E-state index in [2.05, 4.69) is 19.1 Å². The molecule has 0 fully saturated rings. The highest BCUT2D eigenvalue weighted by Crippen LogP contribution is 2.28. The molecule has 0 radical (unpaired) electrons. The average Bonchev–Trinajstić information content (AvgIpc) is 2.38. The van der Waals surface area contributed by atoms with Crippen molar-refractivity contribution in [3.63, 3.8) is 0 Å². The van der Waals surface area contributed by atoms with E-state index in [1.54, 1.807) is 7.11 Å². The summed E-state index contributed by atoms with van der Waals surface area (Å²) in [5.41, 5.74) is 2.31. The first-order valence-electron chi connectivity index (χ1n) is 6.44. The molecule has 0 aliphatic heterocycles. The topological polar surface area (TPSA) is 29.5 Å². The molecule has 0 bridgehead atoms. The SMILES string of the molecule is COc1cccc(C(C)(O)Cc2cccc(C)c2)c1. The molecule has 1 unspecified atom stereocenters. The highest BCUT2D eigenvalue weighted by molar-refractivity contribution is 5.34. The van der Waals surface area contributed by atoms with E-state index in [9.17, 15) is 5.11 Å². The van der Waals surface area contributed by atoms with E-state index in [1.165, 1.54) is 5.56 Å². The van der Waals surface area contributed by atoms with E-state index in [0.29, 0.717) is 6.42 Å². The van der Waals surface area contributed by atoms with Crippen LogP contribution in [0.4, 0.5) is 0 Å². The minimum absolute atomic E-state index is 0.585. The van der Waals surface area contributed by atoms with E-state index in [0.717, 1.165) is 16.9 Å². The van der Waals surface area contributed by atoms with Crippen molar-refractivity contribution in [3.8, 4) is 5.75 Å². The highest BCUT2D eigenvalue weighted by atomic mass is 16.5. The number of aliphatic hydroxyl groups is 1. The molecule has 2 aromatic carbocycles. The number of benzene rings is 2. The maximum atomic E-state index is 10.7. The van der Waals surface area contributed by atoms with Gasteiger partial charge in [-0.25, -0.2) is 0 Å². The van der Waals surface area contributed by atoms with E-state index in [-0.39, 0.29) is 0 Å². The van der Waals surface area contributed by atoms with E-state index in [1.807, 2.05) is 43.3 Å². The minimum atomic E-state index is -0.900. The predicted octanol–water partition coefficient (Wildman–Crippen LogP) is 3.45. The molecule has 0 saturated heterocycles. The van der Waals surface area contributed by atoms with E-state index in [4.69, 9.17) is 4.74 Å². The smallest absolute Gasteiger partial charge is 0.119 e. The largest absolute Gasteiger partial charge is 0.497 e. The summed E-state index contributed by atoms with van der Waals surface area (Å²) in [5, 5.41) is 10.7. The Labute approximate surface area is 114 Å². The molecule has 1 atom stereocenters. The Kier molecular flexibility index (Phi) is 3.91. The second-order valence-corrected chi connectivity index (χ2v) is 5.17. The monoisotopic (exact) mass is 256 g/mol. The summed E-state index contributed by atoms with van der Waals surface area (Å²) in [5.74, 6) is 0.766. The number of hydrogen-bond acceptors (Lipinski definition) is 2. The summed E-state index contributed by atoms with van der Waals surface area (Å²) in [6.45, 7) is 3.90. The Balaban J connectivity index is 2.26. The first-order chi connectivity index (χ1) is 9.01. The van der Waals surface area contributed by atoms with Crippen molar-refractivity contribution in [1.82, 2.24) is 0 Å². The van der Waals surface area contributed by atoms with Crippen molar-refractivity contribution in [1.29, 1.82) is 0 Å². The molecule has 1 N–H and O–H groups in total. The third kappa shape index (κ3) is 3.36. The van der Waals surface area contributed by atoms with Crippen molar-refractivity contribution in [2.45, 2.75) is 25.9 Å². The van der Waals surface area contributed by atoms with Crippen molar-refractivity contribution >= 4 is 0 Å². The van der Waals surface area contributed by atoms with Crippen LogP contribution < -0.4 is 4.74 Å². The molecule has 0 amide bonds. The molecule has 19 heavy (non-hydrogen) atoms. The molecule has 2 heteroatoms. The lowest BCUT2D eigenvalue weighted by Gasteiger charge is -2.24. The summed E-state index contributed by atoms with van der Waals surface area (Å²) in [6, 6.07) is 15.8. The zero-order chi connectivity index (χ0) is 13.9. The van der Waals surface area contributed by atoms with Gasteiger partial charge in [-0.3, -0.25) is 0 Å². The molecule has 100 valence electrons. The number of rotatable bonds is 4. The van der Waals surface area contributed by atoms with Crippen LogP contribution in [0.25, 0.3) is 0 Å². The Morgan fingerprint density at radius 1 is 1.11 bits per heavy atom. The van der Waals surface area contributed by atoms with Gasteiger partial charge in [-0.15, -0.1) is 0 Å². The second-order valence-electron chi connectivity index (χ2n) is 5.17. The van der Waals surface area contributed by atoms with Crippen LogP contribution in [-0.4, -0.2) is 12.2 Å². The first kappa shape index (κ1) is 13.6. The van der Waals surface area contributed by atoms with Gasteiger partial charge in [-0.05, 0) is 37.1 Å². The molecule has 0 aliphatic rings. The molecule has 0 aromatic heterocycles. The van der Waals surface area contributed by atoms with Crippen LogP contribution in [0.15, 0.2) is 48.5 Å². The summed E-state index contributed by atoms with van der Waals surface area (Å²) in [7, 11) is 1.63. The molecule has 0 spiro atoms. The van der Waals surface area contributed by atoms with Gasteiger partial charge in [-0.2, -0.15) is 0 Å². The zero-order valence-electron chi connectivity index (χ0n) is 11.7. The third-order valence-electron chi connectivity index (χ3n) is 3.32. The fourth-order valence-corrected chi connectivity index (χ4v) is 2.28. The minimum Gasteiger partial charge on any atom is -0.497 e. The molecular formula is C17H20O2. The van der Waals surface area contributed by atoms with Gasteiger partial charge in [0.1, 0.15) is 5.75 Å². The van der Waals surface area contributed by atoms with Gasteiger partial charge in [0, 0.05) is 6.42 Å². The predicted molar refractivity (Wildman–Crippen MR) is 77.4 cm³/mol. The zero-order valence-corrected chi connectivity index (χ0v) is 11.7. The van der Waals surface area contributed by atoms with E-state index < -0.39 is 5.60 Å². The number of hydrogen-bond donors (Lipinski definition) is 1. The number of aryl methyl sites for hydroxylation is 1. The second kappa shape index (κ2) is 5.45. The van der Waals surface area contributed by atoms with Crippen LogP contribution in [0.3, 0.4) is 0 Å². The normalized spacial score (nSPS) is 13.9. The summed E-state index contributed by atoms with van der Waals surface area (Å²) < 4.78 is 5.21. The van der Waals surface area contributed by atoms with Gasteiger partial charge < -0.3 is 9.84 Å². The van der Waals surface area contributed by atoms with Crippen LogP contribution in [0.2, 0.25) is 0 Å². The summed E-state index contributed by atoms with van der Waals surface area (Å²) >= 11 is 0. The molecule has 2 nitrogen and oxygen atoms in total. The van der Waals surface area contributed by atoms with Crippen LogP contribution in [0.1, 0.15) is 23.6 Å². The van der Waals surface area contributed by atoms with Gasteiger partial charge in [0.25, 0.3) is 0 Å². The lowest BCUT2D eigenvalue weighted by atomic mass is 9.88. The lowest BCUT2D eigenvalue weighted by Crippen LogP contribution is -2.24. The van der Waals surface area contributed by atoms with E-state index >= 15 is 0 Å². The first-order valence-corrected chi connectivity index (χ1v) is 6.44. The van der Waals surface area contributed by atoms with Gasteiger partial charge in [-0.1, -0.05) is 42.0 Å². The molecule has 2 aromatic rings. The van der Waals surface area contributed by atoms with Gasteiger partial charge in [0.2, 0.25) is 0 Å². The average molecular weight is 256 g/mol. The van der Waals surface area contributed by atoms with Crippen molar-refractivity contribution in [3.05, 3.63) is 65.2 Å². The standard InChI is InChI=1S/C17H20O2/c1-13-6-4-7-14(10-13)12-17(2,18)15-8-5-9-16(11-15)19-3/h4-11,18H,12H2,1-3H3. The fourth-order valence-electron chi connectivity index (χ4n) is 2.28. The lowest BCUT2D eigenvalue weighted by molar-refractivity contribution is 0.0574. The third-order valence-corrected chi connectivity index (χ3v) is 3.32. The number of ether oxygens (including phenoxy) is 1. The molecule has 0 heterocycles. The Bertz CT molecular complexity index is 559. The summed E-state index contributed by atoms with van der Waals surface area (Å²) in [4.78, 5) is 0. The van der Waals surface area contributed by atoms with Gasteiger partial charge in [0.05, 0.1) is 12.7 Å². The Hall–Kier alpha value is -1.80. The maximum Gasteiger partial charge on any atom is 0.119 e. The highest BCUT2D eigenvalue weighted by Gasteiger charge is 2.24. The van der Waals surface area contributed by atoms with Crippen LogP contribution in [-0.2, 0) is 12.0 Å². The fraction of sp³-hybridized carbons (Fsp3) is 0.294. The molecular weight excluding hydrogens is 236 g/mol. The van der Waals surface area contributed by atoms with Crippen molar-refractivity contribution in [2.24, 2.45) is 0 Å². The van der Waals surface area contributed by atoms with Crippen LogP contribution >= 0.6 is 0 Å². The Morgan fingerprint density at radius 2 is 1.84 bits per heavy atom. The van der Waals surface area contributed by atoms with Gasteiger partial charge in [0.15, 0.2) is 0 Å². The van der Waals surface area contributed by atoms with Crippen LogP contribution in [0.5, 0.6) is 5.75 Å².